The Hall–Kier alpha value is -1.84. The molecule has 2 N–H and O–H groups in total. The van der Waals surface area contributed by atoms with Crippen LogP contribution in [0, 0.1) is 5.92 Å². The molecule has 0 saturated carbocycles. The first-order chi connectivity index (χ1) is 8.58. The fraction of sp³-hybridized carbons (Fsp3) is 0.429. The first kappa shape index (κ1) is 12.6. The summed E-state index contributed by atoms with van der Waals surface area (Å²) in [7, 11) is 1.98. The Balaban J connectivity index is 2.40. The number of benzene rings is 1. The van der Waals surface area contributed by atoms with Crippen molar-refractivity contribution in [1.29, 1.82) is 0 Å². The van der Waals surface area contributed by atoms with Gasteiger partial charge in [0.05, 0.1) is 0 Å². The van der Waals surface area contributed by atoms with Crippen LogP contribution in [-0.2, 0) is 7.05 Å². The summed E-state index contributed by atoms with van der Waals surface area (Å²) in [6, 6.07) is 8.04. The van der Waals surface area contributed by atoms with E-state index >= 15 is 0 Å². The predicted octanol–water partition coefficient (Wildman–Crippen LogP) is 2.58. The molecule has 1 atom stereocenters. The van der Waals surface area contributed by atoms with Gasteiger partial charge in [0, 0.05) is 18.7 Å². The minimum Gasteiger partial charge on any atom is -0.399 e. The molecule has 0 saturated heterocycles. The van der Waals surface area contributed by atoms with E-state index in [1.54, 1.807) is 6.33 Å². The van der Waals surface area contributed by atoms with Crippen LogP contribution in [0.5, 0.6) is 0 Å². The van der Waals surface area contributed by atoms with Crippen LogP contribution in [0.1, 0.15) is 37.6 Å². The van der Waals surface area contributed by atoms with Gasteiger partial charge in [-0.1, -0.05) is 26.0 Å². The van der Waals surface area contributed by atoms with Gasteiger partial charge < -0.3 is 10.3 Å². The van der Waals surface area contributed by atoms with E-state index in [2.05, 4.69) is 30.1 Å². The van der Waals surface area contributed by atoms with E-state index in [1.165, 1.54) is 5.56 Å². The zero-order chi connectivity index (χ0) is 13.1. The Bertz CT molecular complexity index is 516. The monoisotopic (exact) mass is 244 g/mol. The standard InChI is InChI=1S/C14H20N4/c1-10(2)7-13(14-17-16-9-18(14)3)11-5-4-6-12(15)8-11/h4-6,8-10,13H,7,15H2,1-3H3. The van der Waals surface area contributed by atoms with Gasteiger partial charge >= 0.3 is 0 Å². The average molecular weight is 244 g/mol. The van der Waals surface area contributed by atoms with Crippen molar-refractivity contribution in [3.63, 3.8) is 0 Å². The van der Waals surface area contributed by atoms with E-state index in [9.17, 15) is 0 Å². The summed E-state index contributed by atoms with van der Waals surface area (Å²) in [5, 5.41) is 8.23. The number of nitrogens with zero attached hydrogens (tertiary/aromatic N) is 3. The van der Waals surface area contributed by atoms with Gasteiger partial charge in [0.1, 0.15) is 12.2 Å². The molecule has 0 aliphatic heterocycles. The molecule has 96 valence electrons. The first-order valence-corrected chi connectivity index (χ1v) is 6.27. The molecule has 2 rings (SSSR count). The largest absolute Gasteiger partial charge is 0.399 e. The summed E-state index contributed by atoms with van der Waals surface area (Å²) < 4.78 is 1.98. The molecule has 0 radical (unpaired) electrons. The fourth-order valence-corrected chi connectivity index (χ4v) is 2.25. The van der Waals surface area contributed by atoms with E-state index in [4.69, 9.17) is 5.73 Å². The summed E-state index contributed by atoms with van der Waals surface area (Å²) >= 11 is 0. The molecular formula is C14H20N4. The summed E-state index contributed by atoms with van der Waals surface area (Å²) in [6.07, 6.45) is 2.78. The maximum atomic E-state index is 5.88. The normalized spacial score (nSPS) is 12.9. The van der Waals surface area contributed by atoms with Crippen molar-refractivity contribution < 1.29 is 0 Å². The summed E-state index contributed by atoms with van der Waals surface area (Å²) in [5.41, 5.74) is 7.88. The predicted molar refractivity (Wildman–Crippen MR) is 73.2 cm³/mol. The number of hydrogen-bond donors (Lipinski definition) is 1. The van der Waals surface area contributed by atoms with Crippen LogP contribution in [0.15, 0.2) is 30.6 Å². The number of aromatic nitrogens is 3. The molecule has 18 heavy (non-hydrogen) atoms. The molecule has 4 heteroatoms. The Kier molecular flexibility index (Phi) is 3.65. The highest BCUT2D eigenvalue weighted by molar-refractivity contribution is 5.43. The molecule has 1 heterocycles. The number of hydrogen-bond acceptors (Lipinski definition) is 3. The molecule has 0 fully saturated rings. The molecular weight excluding hydrogens is 224 g/mol. The van der Waals surface area contributed by atoms with Gasteiger partial charge in [0.15, 0.2) is 0 Å². The van der Waals surface area contributed by atoms with Gasteiger partial charge in [-0.05, 0) is 30.0 Å². The van der Waals surface area contributed by atoms with Crippen molar-refractivity contribution in [2.45, 2.75) is 26.2 Å². The van der Waals surface area contributed by atoms with Gasteiger partial charge in [0.25, 0.3) is 0 Å². The lowest BCUT2D eigenvalue weighted by atomic mass is 9.89. The van der Waals surface area contributed by atoms with Crippen molar-refractivity contribution in [3.8, 4) is 0 Å². The van der Waals surface area contributed by atoms with E-state index in [0.717, 1.165) is 17.9 Å². The molecule has 1 unspecified atom stereocenters. The summed E-state index contributed by atoms with van der Waals surface area (Å²) in [4.78, 5) is 0. The maximum Gasteiger partial charge on any atom is 0.140 e. The summed E-state index contributed by atoms with van der Waals surface area (Å²) in [6.45, 7) is 4.44. The lowest BCUT2D eigenvalue weighted by Crippen LogP contribution is -2.11. The Morgan fingerprint density at radius 1 is 1.33 bits per heavy atom. The second-order valence-corrected chi connectivity index (χ2v) is 5.15. The zero-order valence-electron chi connectivity index (χ0n) is 11.2. The van der Waals surface area contributed by atoms with E-state index in [0.29, 0.717) is 5.92 Å². The SMILES string of the molecule is CC(C)CC(c1cccc(N)c1)c1nncn1C. The molecule has 0 spiro atoms. The molecule has 1 aromatic carbocycles. The van der Waals surface area contributed by atoms with Crippen LogP contribution < -0.4 is 5.73 Å². The van der Waals surface area contributed by atoms with Gasteiger partial charge in [-0.3, -0.25) is 0 Å². The molecule has 0 amide bonds. The summed E-state index contributed by atoms with van der Waals surface area (Å²) in [5.74, 6) is 1.84. The topological polar surface area (TPSA) is 56.7 Å². The van der Waals surface area contributed by atoms with Crippen LogP contribution in [-0.4, -0.2) is 14.8 Å². The third-order valence-corrected chi connectivity index (χ3v) is 3.08. The quantitative estimate of drug-likeness (QED) is 0.841. The minimum absolute atomic E-state index is 0.251. The van der Waals surface area contributed by atoms with Crippen LogP contribution >= 0.6 is 0 Å². The maximum absolute atomic E-state index is 5.88. The second kappa shape index (κ2) is 5.21. The molecule has 4 nitrogen and oxygen atoms in total. The van der Waals surface area contributed by atoms with E-state index < -0.39 is 0 Å². The fourth-order valence-electron chi connectivity index (χ4n) is 2.25. The van der Waals surface area contributed by atoms with Crippen LogP contribution in [0.25, 0.3) is 0 Å². The number of nitrogens with two attached hydrogens (primary N) is 1. The van der Waals surface area contributed by atoms with E-state index in [1.807, 2.05) is 29.8 Å². The van der Waals surface area contributed by atoms with E-state index in [-0.39, 0.29) is 5.92 Å². The minimum atomic E-state index is 0.251. The average Bonchev–Trinajstić information content (AvgIpc) is 2.72. The third-order valence-electron chi connectivity index (χ3n) is 3.08. The highest BCUT2D eigenvalue weighted by Crippen LogP contribution is 2.30. The first-order valence-electron chi connectivity index (χ1n) is 6.27. The number of anilines is 1. The molecule has 0 aliphatic rings. The van der Waals surface area contributed by atoms with Crippen LogP contribution in [0.2, 0.25) is 0 Å². The van der Waals surface area contributed by atoms with Crippen molar-refractivity contribution >= 4 is 5.69 Å². The zero-order valence-corrected chi connectivity index (χ0v) is 11.2. The van der Waals surface area contributed by atoms with Gasteiger partial charge in [0.2, 0.25) is 0 Å². The molecule has 0 aliphatic carbocycles. The third kappa shape index (κ3) is 2.70. The van der Waals surface area contributed by atoms with Gasteiger partial charge in [-0.15, -0.1) is 10.2 Å². The van der Waals surface area contributed by atoms with Crippen LogP contribution in [0.4, 0.5) is 5.69 Å². The highest BCUT2D eigenvalue weighted by Gasteiger charge is 2.20. The highest BCUT2D eigenvalue weighted by atomic mass is 15.2. The lowest BCUT2D eigenvalue weighted by molar-refractivity contribution is 0.516. The number of aryl methyl sites for hydroxylation is 1. The molecule has 1 aromatic heterocycles. The van der Waals surface area contributed by atoms with Gasteiger partial charge in [-0.25, -0.2) is 0 Å². The molecule has 2 aromatic rings. The van der Waals surface area contributed by atoms with Crippen molar-refractivity contribution in [1.82, 2.24) is 14.8 Å². The van der Waals surface area contributed by atoms with Crippen molar-refractivity contribution in [2.75, 3.05) is 5.73 Å². The Labute approximate surface area is 108 Å². The smallest absolute Gasteiger partial charge is 0.140 e. The Morgan fingerprint density at radius 3 is 2.67 bits per heavy atom. The van der Waals surface area contributed by atoms with Crippen molar-refractivity contribution in [2.24, 2.45) is 13.0 Å². The Morgan fingerprint density at radius 2 is 2.11 bits per heavy atom. The van der Waals surface area contributed by atoms with Crippen molar-refractivity contribution in [3.05, 3.63) is 42.0 Å². The number of rotatable bonds is 4. The lowest BCUT2D eigenvalue weighted by Gasteiger charge is -2.19. The molecule has 0 bridgehead atoms. The number of nitrogen functional groups attached to an aromatic ring is 1. The van der Waals surface area contributed by atoms with Gasteiger partial charge in [-0.2, -0.15) is 0 Å². The second-order valence-electron chi connectivity index (χ2n) is 5.15. The van der Waals surface area contributed by atoms with Crippen LogP contribution in [0.3, 0.4) is 0 Å².